The first-order valence-corrected chi connectivity index (χ1v) is 8.27. The molecule has 1 aliphatic rings. The predicted molar refractivity (Wildman–Crippen MR) is 92.1 cm³/mol. The maximum absolute atomic E-state index is 12.4. The number of nitrogens with zero attached hydrogens (tertiary/aromatic N) is 1. The summed E-state index contributed by atoms with van der Waals surface area (Å²) >= 11 is 1.25. The van der Waals surface area contributed by atoms with Crippen LogP contribution in [0.2, 0.25) is 0 Å². The lowest BCUT2D eigenvalue weighted by molar-refractivity contribution is 0.0915. The summed E-state index contributed by atoms with van der Waals surface area (Å²) in [6.07, 6.45) is 1.27. The smallest absolute Gasteiger partial charge is 0.257 e. The normalized spacial score (nSPS) is 16.0. The first kappa shape index (κ1) is 15.7. The first-order valence-electron chi connectivity index (χ1n) is 7.45. The largest absolute Gasteiger partial charge is 0.399 e. The first-order chi connectivity index (χ1) is 10.7. The second-order valence-corrected chi connectivity index (χ2v) is 7.76. The molecule has 0 spiro atoms. The Morgan fingerprint density at radius 3 is 2.83 bits per heavy atom. The van der Waals surface area contributed by atoms with Crippen LogP contribution in [0.3, 0.4) is 0 Å². The SMILES string of the molecule is Cc1ccc(N)cc1C(=O)Nc1nc2c(s1)C(=O)CC(C)(C)C2. The van der Waals surface area contributed by atoms with Gasteiger partial charge in [0.05, 0.1) is 10.6 Å². The van der Waals surface area contributed by atoms with E-state index in [4.69, 9.17) is 5.73 Å². The summed E-state index contributed by atoms with van der Waals surface area (Å²) in [5.41, 5.74) is 8.36. The summed E-state index contributed by atoms with van der Waals surface area (Å²) in [5, 5.41) is 3.26. The zero-order valence-corrected chi connectivity index (χ0v) is 14.2. The second kappa shape index (κ2) is 5.45. The molecule has 0 saturated heterocycles. The molecule has 23 heavy (non-hydrogen) atoms. The van der Waals surface area contributed by atoms with Crippen molar-refractivity contribution in [3.63, 3.8) is 0 Å². The number of fused-ring (bicyclic) bond motifs is 1. The zero-order valence-electron chi connectivity index (χ0n) is 13.4. The number of benzene rings is 1. The van der Waals surface area contributed by atoms with Gasteiger partial charge in [-0.25, -0.2) is 4.98 Å². The van der Waals surface area contributed by atoms with E-state index < -0.39 is 0 Å². The van der Waals surface area contributed by atoms with Crippen molar-refractivity contribution in [3.05, 3.63) is 39.9 Å². The average molecular weight is 329 g/mol. The van der Waals surface area contributed by atoms with Crippen LogP contribution in [0.15, 0.2) is 18.2 Å². The third kappa shape index (κ3) is 3.12. The number of thiazole rings is 1. The fraction of sp³-hybridized carbons (Fsp3) is 0.353. The van der Waals surface area contributed by atoms with Gasteiger partial charge in [-0.2, -0.15) is 0 Å². The number of rotatable bonds is 2. The maximum Gasteiger partial charge on any atom is 0.257 e. The van der Waals surface area contributed by atoms with Gasteiger partial charge in [-0.1, -0.05) is 31.3 Å². The van der Waals surface area contributed by atoms with Crippen LogP contribution in [0.25, 0.3) is 0 Å². The van der Waals surface area contributed by atoms with E-state index in [-0.39, 0.29) is 17.1 Å². The van der Waals surface area contributed by atoms with E-state index in [9.17, 15) is 9.59 Å². The molecule has 1 aliphatic carbocycles. The predicted octanol–water partition coefficient (Wildman–Crippen LogP) is 3.44. The molecule has 0 fully saturated rings. The number of aryl methyl sites for hydroxylation is 1. The number of nitrogens with one attached hydrogen (secondary N) is 1. The van der Waals surface area contributed by atoms with Crippen LogP contribution >= 0.6 is 11.3 Å². The number of carbonyl (C=O) groups is 2. The van der Waals surface area contributed by atoms with Crippen molar-refractivity contribution in [2.24, 2.45) is 5.41 Å². The highest BCUT2D eigenvalue weighted by atomic mass is 32.1. The number of carbonyl (C=O) groups excluding carboxylic acids is 2. The van der Waals surface area contributed by atoms with E-state index in [1.54, 1.807) is 12.1 Å². The van der Waals surface area contributed by atoms with Gasteiger partial charge in [0.15, 0.2) is 10.9 Å². The van der Waals surface area contributed by atoms with Crippen LogP contribution < -0.4 is 11.1 Å². The van der Waals surface area contributed by atoms with Gasteiger partial charge in [-0.05, 0) is 36.5 Å². The Morgan fingerprint density at radius 1 is 1.35 bits per heavy atom. The van der Waals surface area contributed by atoms with Gasteiger partial charge in [-0.3, -0.25) is 14.9 Å². The summed E-state index contributed by atoms with van der Waals surface area (Å²) in [6, 6.07) is 5.21. The van der Waals surface area contributed by atoms with Gasteiger partial charge in [0, 0.05) is 17.7 Å². The minimum absolute atomic E-state index is 0.0795. The lowest BCUT2D eigenvalue weighted by atomic mass is 9.78. The third-order valence-electron chi connectivity index (χ3n) is 3.96. The van der Waals surface area contributed by atoms with Crippen LogP contribution in [0.4, 0.5) is 10.8 Å². The second-order valence-electron chi connectivity index (χ2n) is 6.76. The van der Waals surface area contributed by atoms with Crippen LogP contribution in [0, 0.1) is 12.3 Å². The van der Waals surface area contributed by atoms with E-state index in [0.29, 0.717) is 27.7 Å². The van der Waals surface area contributed by atoms with E-state index >= 15 is 0 Å². The molecule has 5 nitrogen and oxygen atoms in total. The molecule has 6 heteroatoms. The molecular formula is C17H19N3O2S. The quantitative estimate of drug-likeness (QED) is 0.827. The molecular weight excluding hydrogens is 310 g/mol. The van der Waals surface area contributed by atoms with Gasteiger partial charge in [0.25, 0.3) is 5.91 Å². The number of hydrogen-bond acceptors (Lipinski definition) is 5. The van der Waals surface area contributed by atoms with Crippen molar-refractivity contribution >= 4 is 33.8 Å². The van der Waals surface area contributed by atoms with Crippen molar-refractivity contribution in [3.8, 4) is 0 Å². The van der Waals surface area contributed by atoms with E-state index in [0.717, 1.165) is 17.7 Å². The van der Waals surface area contributed by atoms with Crippen molar-refractivity contribution in [1.29, 1.82) is 0 Å². The highest BCUT2D eigenvalue weighted by Gasteiger charge is 2.34. The van der Waals surface area contributed by atoms with Crippen molar-refractivity contribution in [2.45, 2.75) is 33.6 Å². The van der Waals surface area contributed by atoms with E-state index in [2.05, 4.69) is 24.1 Å². The average Bonchev–Trinajstić information content (AvgIpc) is 2.82. The van der Waals surface area contributed by atoms with E-state index in [1.165, 1.54) is 11.3 Å². The lowest BCUT2D eigenvalue weighted by Gasteiger charge is -2.26. The lowest BCUT2D eigenvalue weighted by Crippen LogP contribution is -2.26. The molecule has 0 saturated carbocycles. The Kier molecular flexibility index (Phi) is 3.72. The molecule has 0 radical (unpaired) electrons. The molecule has 120 valence electrons. The molecule has 0 aliphatic heterocycles. The number of nitrogens with two attached hydrogens (primary N) is 1. The summed E-state index contributed by atoms with van der Waals surface area (Å²) < 4.78 is 0. The monoisotopic (exact) mass is 329 g/mol. The van der Waals surface area contributed by atoms with Crippen molar-refractivity contribution < 1.29 is 9.59 Å². The van der Waals surface area contributed by atoms with Crippen LogP contribution in [-0.2, 0) is 6.42 Å². The summed E-state index contributed by atoms with van der Waals surface area (Å²) in [5.74, 6) is -0.151. The van der Waals surface area contributed by atoms with E-state index in [1.807, 2.05) is 13.0 Å². The molecule has 1 aromatic heterocycles. The third-order valence-corrected chi connectivity index (χ3v) is 5.02. The number of ketones is 1. The number of nitrogen functional groups attached to an aromatic ring is 1. The van der Waals surface area contributed by atoms with Gasteiger partial charge in [0.2, 0.25) is 0 Å². The van der Waals surface area contributed by atoms with Crippen LogP contribution in [-0.4, -0.2) is 16.7 Å². The molecule has 1 heterocycles. The fourth-order valence-electron chi connectivity index (χ4n) is 2.82. The number of anilines is 2. The molecule has 3 N–H and O–H groups in total. The maximum atomic E-state index is 12.4. The molecule has 0 atom stereocenters. The minimum Gasteiger partial charge on any atom is -0.399 e. The van der Waals surface area contributed by atoms with Crippen molar-refractivity contribution in [1.82, 2.24) is 4.98 Å². The highest BCUT2D eigenvalue weighted by molar-refractivity contribution is 7.17. The Hall–Kier alpha value is -2.21. The Morgan fingerprint density at radius 2 is 2.09 bits per heavy atom. The topological polar surface area (TPSA) is 85.1 Å². The zero-order chi connectivity index (χ0) is 16.8. The Labute approximate surface area is 138 Å². The van der Waals surface area contributed by atoms with Gasteiger partial charge >= 0.3 is 0 Å². The van der Waals surface area contributed by atoms with Crippen molar-refractivity contribution in [2.75, 3.05) is 11.1 Å². The molecule has 0 unspecified atom stereocenters. The summed E-state index contributed by atoms with van der Waals surface area (Å²) in [4.78, 5) is 29.8. The molecule has 1 aromatic carbocycles. The highest BCUT2D eigenvalue weighted by Crippen LogP contribution is 2.38. The van der Waals surface area contributed by atoms with Crippen LogP contribution in [0.5, 0.6) is 0 Å². The van der Waals surface area contributed by atoms with Gasteiger partial charge in [0.1, 0.15) is 0 Å². The minimum atomic E-state index is -0.257. The van der Waals surface area contributed by atoms with Crippen LogP contribution in [0.1, 0.15) is 51.6 Å². The van der Waals surface area contributed by atoms with Gasteiger partial charge < -0.3 is 5.73 Å². The summed E-state index contributed by atoms with van der Waals surface area (Å²) in [7, 11) is 0. The molecule has 1 amide bonds. The molecule has 0 bridgehead atoms. The Bertz CT molecular complexity index is 808. The number of amides is 1. The standard InChI is InChI=1S/C17H19N3O2S/c1-9-4-5-10(18)6-11(9)15(22)20-16-19-12-7-17(2,3)8-13(21)14(12)23-16/h4-6H,7-8,18H2,1-3H3,(H,19,20,22). The molecule has 2 aromatic rings. The van der Waals surface area contributed by atoms with Gasteiger partial charge in [-0.15, -0.1) is 0 Å². The summed E-state index contributed by atoms with van der Waals surface area (Å²) in [6.45, 7) is 5.97. The number of hydrogen-bond donors (Lipinski definition) is 2. The molecule has 3 rings (SSSR count). The number of aromatic nitrogens is 1. The number of Topliss-reactive ketones (excluding diaryl/α,β-unsaturated/α-hetero) is 1. The fourth-order valence-corrected chi connectivity index (χ4v) is 3.74. The Balaban J connectivity index is 1.86.